The summed E-state index contributed by atoms with van der Waals surface area (Å²) in [6.45, 7) is 1.88. The molecule has 0 radical (unpaired) electrons. The van der Waals surface area contributed by atoms with E-state index in [2.05, 4.69) is 4.72 Å². The van der Waals surface area contributed by atoms with Gasteiger partial charge in [-0.2, -0.15) is 0 Å². The lowest BCUT2D eigenvalue weighted by Crippen LogP contribution is -2.15. The Morgan fingerprint density at radius 1 is 1.19 bits per heavy atom. The molecule has 0 aliphatic rings. The summed E-state index contributed by atoms with van der Waals surface area (Å²) in [7, 11) is -1.99. The standard InChI is InChI=1S/C15H16ClNO3S/c1-11-5-3-4-6-12(11)10-21(18,19)17-13-7-8-15(20-2)14(16)9-13/h3-9,17H,10H2,1-2H3. The van der Waals surface area contributed by atoms with Crippen molar-refractivity contribution in [1.29, 1.82) is 0 Å². The minimum atomic E-state index is -3.50. The third kappa shape index (κ3) is 4.12. The second-order valence-electron chi connectivity index (χ2n) is 4.64. The van der Waals surface area contributed by atoms with E-state index >= 15 is 0 Å². The van der Waals surface area contributed by atoms with E-state index < -0.39 is 10.0 Å². The average molecular weight is 326 g/mol. The number of ether oxygens (including phenoxy) is 1. The molecule has 0 atom stereocenters. The summed E-state index contributed by atoms with van der Waals surface area (Å²) >= 11 is 5.98. The summed E-state index contributed by atoms with van der Waals surface area (Å²) < 4.78 is 32.0. The van der Waals surface area contributed by atoms with Crippen molar-refractivity contribution < 1.29 is 13.2 Å². The average Bonchev–Trinajstić information content (AvgIpc) is 2.41. The van der Waals surface area contributed by atoms with Crippen molar-refractivity contribution in [3.8, 4) is 5.75 Å². The Balaban J connectivity index is 2.18. The van der Waals surface area contributed by atoms with Gasteiger partial charge in [0, 0.05) is 0 Å². The topological polar surface area (TPSA) is 55.4 Å². The number of methoxy groups -OCH3 is 1. The summed E-state index contributed by atoms with van der Waals surface area (Å²) in [6.07, 6.45) is 0. The van der Waals surface area contributed by atoms with E-state index in [9.17, 15) is 8.42 Å². The zero-order chi connectivity index (χ0) is 15.5. The molecular weight excluding hydrogens is 310 g/mol. The molecule has 112 valence electrons. The summed E-state index contributed by atoms with van der Waals surface area (Å²) in [6, 6.07) is 12.1. The summed E-state index contributed by atoms with van der Waals surface area (Å²) in [4.78, 5) is 0. The van der Waals surface area contributed by atoms with Crippen molar-refractivity contribution in [2.45, 2.75) is 12.7 Å². The van der Waals surface area contributed by atoms with Gasteiger partial charge in [0.25, 0.3) is 0 Å². The van der Waals surface area contributed by atoms with E-state index in [1.54, 1.807) is 18.2 Å². The molecule has 0 saturated carbocycles. The number of aryl methyl sites for hydroxylation is 1. The number of hydrogen-bond acceptors (Lipinski definition) is 3. The Morgan fingerprint density at radius 2 is 1.90 bits per heavy atom. The second-order valence-corrected chi connectivity index (χ2v) is 6.77. The number of nitrogens with one attached hydrogen (secondary N) is 1. The zero-order valence-electron chi connectivity index (χ0n) is 11.8. The highest BCUT2D eigenvalue weighted by Crippen LogP contribution is 2.28. The van der Waals surface area contributed by atoms with Gasteiger partial charge in [0.15, 0.2) is 0 Å². The molecule has 6 heteroatoms. The van der Waals surface area contributed by atoms with E-state index in [0.717, 1.165) is 11.1 Å². The maximum Gasteiger partial charge on any atom is 0.236 e. The lowest BCUT2D eigenvalue weighted by Gasteiger charge is -2.11. The van der Waals surface area contributed by atoms with Gasteiger partial charge in [0.1, 0.15) is 5.75 Å². The van der Waals surface area contributed by atoms with Crippen LogP contribution in [0.15, 0.2) is 42.5 Å². The molecule has 0 saturated heterocycles. The highest BCUT2D eigenvalue weighted by atomic mass is 35.5. The number of hydrogen-bond donors (Lipinski definition) is 1. The van der Waals surface area contributed by atoms with Crippen molar-refractivity contribution >= 4 is 27.3 Å². The summed E-state index contributed by atoms with van der Waals surface area (Å²) in [5.74, 6) is 0.419. The van der Waals surface area contributed by atoms with Crippen molar-refractivity contribution in [2.75, 3.05) is 11.8 Å². The number of halogens is 1. The first-order valence-electron chi connectivity index (χ1n) is 6.30. The molecule has 0 spiro atoms. The molecule has 0 aliphatic carbocycles. The Morgan fingerprint density at radius 3 is 2.52 bits per heavy atom. The molecule has 2 rings (SSSR count). The fourth-order valence-corrected chi connectivity index (χ4v) is 3.47. The molecule has 0 amide bonds. The summed E-state index contributed by atoms with van der Waals surface area (Å²) in [5.41, 5.74) is 2.12. The van der Waals surface area contributed by atoms with Gasteiger partial charge in [-0.05, 0) is 36.2 Å². The minimum Gasteiger partial charge on any atom is -0.495 e. The molecule has 0 unspecified atom stereocenters. The van der Waals surface area contributed by atoms with Gasteiger partial charge < -0.3 is 4.74 Å². The predicted molar refractivity (Wildman–Crippen MR) is 85.4 cm³/mol. The fraction of sp³-hybridized carbons (Fsp3) is 0.200. The maximum absolute atomic E-state index is 12.2. The van der Waals surface area contributed by atoms with Crippen LogP contribution in [0.3, 0.4) is 0 Å². The van der Waals surface area contributed by atoms with Gasteiger partial charge in [-0.3, -0.25) is 4.72 Å². The van der Waals surface area contributed by atoms with Crippen molar-refractivity contribution in [3.05, 3.63) is 58.6 Å². The third-order valence-corrected chi connectivity index (χ3v) is 4.57. The monoisotopic (exact) mass is 325 g/mol. The van der Waals surface area contributed by atoms with Crippen LogP contribution in [0.2, 0.25) is 5.02 Å². The molecule has 0 bridgehead atoms. The van der Waals surface area contributed by atoms with Crippen LogP contribution in [0.4, 0.5) is 5.69 Å². The van der Waals surface area contributed by atoms with E-state index in [0.29, 0.717) is 16.5 Å². The zero-order valence-corrected chi connectivity index (χ0v) is 13.3. The molecule has 0 aliphatic heterocycles. The van der Waals surface area contributed by atoms with E-state index in [1.807, 2.05) is 25.1 Å². The Hall–Kier alpha value is -1.72. The first-order chi connectivity index (χ1) is 9.91. The molecule has 2 aromatic rings. The molecule has 0 aromatic heterocycles. The molecule has 0 fully saturated rings. The molecule has 0 heterocycles. The first-order valence-corrected chi connectivity index (χ1v) is 8.33. The van der Waals surface area contributed by atoms with Gasteiger partial charge >= 0.3 is 0 Å². The van der Waals surface area contributed by atoms with Crippen LogP contribution in [0.25, 0.3) is 0 Å². The molecule has 2 aromatic carbocycles. The SMILES string of the molecule is COc1ccc(NS(=O)(=O)Cc2ccccc2C)cc1Cl. The van der Waals surface area contributed by atoms with Crippen LogP contribution in [-0.4, -0.2) is 15.5 Å². The van der Waals surface area contributed by atoms with Crippen LogP contribution in [0.1, 0.15) is 11.1 Å². The molecule has 21 heavy (non-hydrogen) atoms. The number of anilines is 1. The van der Waals surface area contributed by atoms with Crippen LogP contribution in [0.5, 0.6) is 5.75 Å². The predicted octanol–water partition coefficient (Wildman–Crippen LogP) is 3.60. The van der Waals surface area contributed by atoms with Gasteiger partial charge in [0.05, 0.1) is 23.6 Å². The normalized spacial score (nSPS) is 11.2. The van der Waals surface area contributed by atoms with E-state index in [-0.39, 0.29) is 5.75 Å². The number of sulfonamides is 1. The Kier molecular flexibility index (Phi) is 4.75. The van der Waals surface area contributed by atoms with Crippen LogP contribution in [-0.2, 0) is 15.8 Å². The van der Waals surface area contributed by atoms with Gasteiger partial charge in [-0.1, -0.05) is 35.9 Å². The highest BCUT2D eigenvalue weighted by molar-refractivity contribution is 7.91. The lowest BCUT2D eigenvalue weighted by atomic mass is 10.1. The highest BCUT2D eigenvalue weighted by Gasteiger charge is 2.14. The minimum absolute atomic E-state index is 0.0800. The number of benzene rings is 2. The number of rotatable bonds is 5. The Bertz CT molecular complexity index is 744. The quantitative estimate of drug-likeness (QED) is 0.913. The van der Waals surface area contributed by atoms with Crippen LogP contribution >= 0.6 is 11.6 Å². The van der Waals surface area contributed by atoms with E-state index in [4.69, 9.17) is 16.3 Å². The van der Waals surface area contributed by atoms with Crippen molar-refractivity contribution in [1.82, 2.24) is 0 Å². The molecule has 1 N–H and O–H groups in total. The third-order valence-electron chi connectivity index (χ3n) is 3.03. The van der Waals surface area contributed by atoms with Gasteiger partial charge in [-0.25, -0.2) is 8.42 Å². The van der Waals surface area contributed by atoms with Gasteiger partial charge in [-0.15, -0.1) is 0 Å². The largest absolute Gasteiger partial charge is 0.495 e. The maximum atomic E-state index is 12.2. The first kappa shape index (κ1) is 15.7. The van der Waals surface area contributed by atoms with Crippen LogP contribution < -0.4 is 9.46 Å². The lowest BCUT2D eigenvalue weighted by molar-refractivity contribution is 0.415. The second kappa shape index (κ2) is 6.37. The van der Waals surface area contributed by atoms with E-state index in [1.165, 1.54) is 13.2 Å². The summed E-state index contributed by atoms with van der Waals surface area (Å²) in [5, 5.41) is 0.355. The van der Waals surface area contributed by atoms with Crippen molar-refractivity contribution in [3.63, 3.8) is 0 Å². The van der Waals surface area contributed by atoms with Gasteiger partial charge in [0.2, 0.25) is 10.0 Å². The van der Waals surface area contributed by atoms with Crippen LogP contribution in [0, 0.1) is 6.92 Å². The fourth-order valence-electron chi connectivity index (χ4n) is 1.92. The smallest absolute Gasteiger partial charge is 0.236 e. The Labute approximate surface area is 129 Å². The molecule has 4 nitrogen and oxygen atoms in total. The van der Waals surface area contributed by atoms with Crippen molar-refractivity contribution in [2.24, 2.45) is 0 Å². The molecular formula is C15H16ClNO3S.